The summed E-state index contributed by atoms with van der Waals surface area (Å²) in [7, 11) is 0. The number of aliphatic hydroxyl groups excluding tert-OH is 1. The molecule has 3 heteroatoms. The molecule has 0 aliphatic heterocycles. The maximum atomic E-state index is 10.2. The first kappa shape index (κ1) is 9.72. The van der Waals surface area contributed by atoms with Gasteiger partial charge in [-0.05, 0) is 17.4 Å². The number of aliphatic hydroxyl groups is 1. The second-order valence-corrected chi connectivity index (χ2v) is 2.74. The highest BCUT2D eigenvalue weighted by Gasteiger charge is 1.88. The summed E-state index contributed by atoms with van der Waals surface area (Å²) < 4.78 is 0. The highest BCUT2D eigenvalue weighted by Crippen LogP contribution is 2.06. The summed E-state index contributed by atoms with van der Waals surface area (Å²) in [5.74, 6) is 0.664. The molecule has 0 aromatic carbocycles. The van der Waals surface area contributed by atoms with Gasteiger partial charge in [-0.25, -0.2) is 0 Å². The predicted octanol–water partition coefficient (Wildman–Crippen LogP) is 1.20. The molecule has 58 valence electrons. The van der Waals surface area contributed by atoms with Crippen LogP contribution in [0.2, 0.25) is 0 Å². The SMILES string of the molecule is CC/C(C=O)=C/SCCO. The van der Waals surface area contributed by atoms with Gasteiger partial charge in [-0.1, -0.05) is 6.92 Å². The molecule has 0 amide bonds. The molecule has 0 aromatic heterocycles. The van der Waals surface area contributed by atoms with Crippen molar-refractivity contribution < 1.29 is 9.90 Å². The zero-order valence-corrected chi connectivity index (χ0v) is 6.86. The Kier molecular flexibility index (Phi) is 6.64. The Hall–Kier alpha value is -0.280. The van der Waals surface area contributed by atoms with E-state index in [1.807, 2.05) is 6.92 Å². The van der Waals surface area contributed by atoms with Crippen LogP contribution in [0.5, 0.6) is 0 Å². The molecule has 0 bridgehead atoms. The van der Waals surface area contributed by atoms with Gasteiger partial charge in [0, 0.05) is 5.75 Å². The third-order valence-electron chi connectivity index (χ3n) is 1.00. The highest BCUT2D eigenvalue weighted by atomic mass is 32.2. The molecule has 0 fully saturated rings. The van der Waals surface area contributed by atoms with Crippen LogP contribution < -0.4 is 0 Å². The van der Waals surface area contributed by atoms with Crippen LogP contribution in [-0.4, -0.2) is 23.8 Å². The van der Waals surface area contributed by atoms with Crippen LogP contribution >= 0.6 is 11.8 Å². The second kappa shape index (κ2) is 6.83. The number of allylic oxidation sites excluding steroid dienone is 1. The topological polar surface area (TPSA) is 37.3 Å². The summed E-state index contributed by atoms with van der Waals surface area (Å²) in [6.45, 7) is 2.09. The summed E-state index contributed by atoms with van der Waals surface area (Å²) >= 11 is 1.47. The number of carbonyl (C=O) groups is 1. The van der Waals surface area contributed by atoms with E-state index in [1.54, 1.807) is 5.41 Å². The molecule has 0 saturated heterocycles. The molecule has 0 radical (unpaired) electrons. The minimum absolute atomic E-state index is 0.164. The molecule has 0 aromatic rings. The first-order valence-corrected chi connectivity index (χ1v) is 4.26. The molecule has 0 spiro atoms. The lowest BCUT2D eigenvalue weighted by atomic mass is 10.3. The van der Waals surface area contributed by atoms with Gasteiger partial charge in [-0.2, -0.15) is 0 Å². The molecular formula is C7H12O2S. The van der Waals surface area contributed by atoms with Crippen molar-refractivity contribution in [2.24, 2.45) is 0 Å². The standard InChI is InChI=1S/C7H12O2S/c1-2-7(5-9)6-10-4-3-8/h5-6,8H,2-4H2,1H3/b7-6-. The van der Waals surface area contributed by atoms with E-state index in [1.165, 1.54) is 11.8 Å². The molecule has 0 saturated carbocycles. The van der Waals surface area contributed by atoms with Gasteiger partial charge in [-0.15, -0.1) is 11.8 Å². The minimum atomic E-state index is 0.164. The van der Waals surface area contributed by atoms with Crippen molar-refractivity contribution in [2.45, 2.75) is 13.3 Å². The van der Waals surface area contributed by atoms with Gasteiger partial charge in [-0.3, -0.25) is 4.79 Å². The molecule has 0 unspecified atom stereocenters. The number of carbonyl (C=O) groups excluding carboxylic acids is 1. The lowest BCUT2D eigenvalue weighted by Gasteiger charge is -1.92. The molecular weight excluding hydrogens is 148 g/mol. The van der Waals surface area contributed by atoms with Crippen LogP contribution in [0.1, 0.15) is 13.3 Å². The predicted molar refractivity (Wildman–Crippen MR) is 44.0 cm³/mol. The molecule has 0 aliphatic rings. The van der Waals surface area contributed by atoms with E-state index in [9.17, 15) is 4.79 Å². The minimum Gasteiger partial charge on any atom is -0.396 e. The van der Waals surface area contributed by atoms with Crippen LogP contribution in [0, 0.1) is 0 Å². The van der Waals surface area contributed by atoms with Gasteiger partial charge in [0.1, 0.15) is 6.29 Å². The van der Waals surface area contributed by atoms with Crippen LogP contribution in [0.3, 0.4) is 0 Å². The van der Waals surface area contributed by atoms with Gasteiger partial charge < -0.3 is 5.11 Å². The lowest BCUT2D eigenvalue weighted by Crippen LogP contribution is -1.84. The van der Waals surface area contributed by atoms with Crippen molar-refractivity contribution in [3.05, 3.63) is 11.0 Å². The third kappa shape index (κ3) is 4.58. The first-order chi connectivity index (χ1) is 4.85. The van der Waals surface area contributed by atoms with E-state index in [4.69, 9.17) is 5.11 Å². The fourth-order valence-electron chi connectivity index (χ4n) is 0.413. The summed E-state index contributed by atoms with van der Waals surface area (Å²) in [4.78, 5) is 10.2. The Morgan fingerprint density at radius 2 is 2.40 bits per heavy atom. The van der Waals surface area contributed by atoms with Crippen LogP contribution in [0.4, 0.5) is 0 Å². The van der Waals surface area contributed by atoms with E-state index < -0.39 is 0 Å². The van der Waals surface area contributed by atoms with Crippen LogP contribution in [-0.2, 0) is 4.79 Å². The summed E-state index contributed by atoms with van der Waals surface area (Å²) in [6.07, 6.45) is 1.62. The van der Waals surface area contributed by atoms with Crippen molar-refractivity contribution in [2.75, 3.05) is 12.4 Å². The molecule has 0 rings (SSSR count). The fourth-order valence-corrected chi connectivity index (χ4v) is 1.07. The van der Waals surface area contributed by atoms with Gasteiger partial charge >= 0.3 is 0 Å². The summed E-state index contributed by atoms with van der Waals surface area (Å²) in [5, 5.41) is 10.2. The highest BCUT2D eigenvalue weighted by molar-refractivity contribution is 8.02. The van der Waals surface area contributed by atoms with E-state index in [-0.39, 0.29) is 6.61 Å². The Balaban J connectivity index is 3.53. The fraction of sp³-hybridized carbons (Fsp3) is 0.571. The van der Waals surface area contributed by atoms with E-state index in [0.29, 0.717) is 5.75 Å². The van der Waals surface area contributed by atoms with Gasteiger partial charge in [0.25, 0.3) is 0 Å². The lowest BCUT2D eigenvalue weighted by molar-refractivity contribution is -0.105. The largest absolute Gasteiger partial charge is 0.396 e. The summed E-state index contributed by atoms with van der Waals surface area (Å²) in [6, 6.07) is 0. The maximum absolute atomic E-state index is 10.2. The smallest absolute Gasteiger partial charge is 0.146 e. The van der Waals surface area contributed by atoms with Crippen molar-refractivity contribution in [3.63, 3.8) is 0 Å². The Bertz CT molecular complexity index is 121. The molecule has 1 N–H and O–H groups in total. The number of hydrogen-bond donors (Lipinski definition) is 1. The van der Waals surface area contributed by atoms with Crippen molar-refractivity contribution in [1.29, 1.82) is 0 Å². The zero-order valence-electron chi connectivity index (χ0n) is 6.04. The number of aldehydes is 1. The maximum Gasteiger partial charge on any atom is 0.146 e. The zero-order chi connectivity index (χ0) is 7.82. The van der Waals surface area contributed by atoms with Gasteiger partial charge in [0.2, 0.25) is 0 Å². The second-order valence-electron chi connectivity index (χ2n) is 1.76. The molecule has 0 heterocycles. The Morgan fingerprint density at radius 3 is 2.80 bits per heavy atom. The van der Waals surface area contributed by atoms with Crippen molar-refractivity contribution in [1.82, 2.24) is 0 Å². The quantitative estimate of drug-likeness (QED) is 0.373. The molecule has 2 nitrogen and oxygen atoms in total. The van der Waals surface area contributed by atoms with E-state index in [2.05, 4.69) is 0 Å². The normalized spacial score (nSPS) is 11.6. The van der Waals surface area contributed by atoms with E-state index in [0.717, 1.165) is 18.3 Å². The third-order valence-corrected chi connectivity index (χ3v) is 1.89. The number of rotatable bonds is 5. The average Bonchev–Trinajstić information content (AvgIpc) is 1.99. The van der Waals surface area contributed by atoms with Gasteiger partial charge in [0.15, 0.2) is 0 Å². The monoisotopic (exact) mass is 160 g/mol. The Labute approximate surface area is 65.3 Å². The number of thioether (sulfide) groups is 1. The van der Waals surface area contributed by atoms with Crippen molar-refractivity contribution >= 4 is 18.0 Å². The van der Waals surface area contributed by atoms with Crippen LogP contribution in [0.25, 0.3) is 0 Å². The summed E-state index contributed by atoms with van der Waals surface area (Å²) in [5.41, 5.74) is 0.790. The number of hydrogen-bond acceptors (Lipinski definition) is 3. The average molecular weight is 160 g/mol. The van der Waals surface area contributed by atoms with E-state index >= 15 is 0 Å². The Morgan fingerprint density at radius 1 is 1.70 bits per heavy atom. The molecule has 0 atom stereocenters. The molecule has 10 heavy (non-hydrogen) atoms. The van der Waals surface area contributed by atoms with Crippen LogP contribution in [0.15, 0.2) is 11.0 Å². The molecule has 0 aliphatic carbocycles. The van der Waals surface area contributed by atoms with Gasteiger partial charge in [0.05, 0.1) is 6.61 Å². The first-order valence-electron chi connectivity index (χ1n) is 3.21. The van der Waals surface area contributed by atoms with Crippen molar-refractivity contribution in [3.8, 4) is 0 Å².